The zero-order chi connectivity index (χ0) is 20.1. The molecule has 2 N–H and O–H groups in total. The van der Waals surface area contributed by atoms with Crippen molar-refractivity contribution in [1.82, 2.24) is 19.9 Å². The lowest BCUT2D eigenvalue weighted by atomic mass is 10.0. The fraction of sp³-hybridized carbons (Fsp3) is 0.579. The van der Waals surface area contributed by atoms with Gasteiger partial charge >= 0.3 is 0 Å². The second-order valence-electron chi connectivity index (χ2n) is 7.13. The Morgan fingerprint density at radius 2 is 2.18 bits per heavy atom. The highest BCUT2D eigenvalue weighted by molar-refractivity contribution is 7.89. The lowest BCUT2D eigenvalue weighted by Gasteiger charge is -2.35. The number of amides is 1. The van der Waals surface area contributed by atoms with Crippen LogP contribution in [-0.2, 0) is 14.8 Å². The number of carbonyl (C=O) groups excluding carboxylic acids is 1. The number of sulfonamides is 1. The lowest BCUT2D eigenvalue weighted by molar-refractivity contribution is -0.120. The van der Waals surface area contributed by atoms with Crippen LogP contribution in [-0.4, -0.2) is 56.4 Å². The lowest BCUT2D eigenvalue weighted by Crippen LogP contribution is -2.45. The maximum absolute atomic E-state index is 12.5. The standard InChI is InChI=1S/C19H28N4O3S2/c1-3-15-6-4-5-10-23(15)11-9-20-19(24)13-21-28(25,26)16-7-8-17-18(12-16)27-14(2)22-17/h7-8,12,15,21H,3-6,9-11,13H2,1-2H3,(H,20,24)/t15-/m1/s1. The molecule has 1 atom stereocenters. The first kappa shape index (κ1) is 21.2. The van der Waals surface area contributed by atoms with Crippen LogP contribution in [0.5, 0.6) is 0 Å². The highest BCUT2D eigenvalue weighted by Crippen LogP contribution is 2.24. The number of thiazole rings is 1. The van der Waals surface area contributed by atoms with Gasteiger partial charge in [-0.3, -0.25) is 9.69 Å². The van der Waals surface area contributed by atoms with Gasteiger partial charge < -0.3 is 5.32 Å². The van der Waals surface area contributed by atoms with Gasteiger partial charge in [-0.15, -0.1) is 11.3 Å². The molecule has 0 saturated carbocycles. The summed E-state index contributed by atoms with van der Waals surface area (Å²) in [5.74, 6) is -0.316. The minimum Gasteiger partial charge on any atom is -0.354 e. The quantitative estimate of drug-likeness (QED) is 0.678. The van der Waals surface area contributed by atoms with E-state index in [0.29, 0.717) is 12.6 Å². The van der Waals surface area contributed by atoms with Gasteiger partial charge in [-0.05, 0) is 50.9 Å². The van der Waals surface area contributed by atoms with Crippen LogP contribution in [0.2, 0.25) is 0 Å². The first-order chi connectivity index (χ1) is 13.4. The molecule has 7 nitrogen and oxygen atoms in total. The van der Waals surface area contributed by atoms with Crippen molar-refractivity contribution in [3.63, 3.8) is 0 Å². The topological polar surface area (TPSA) is 91.4 Å². The molecule has 1 aliphatic heterocycles. The molecule has 0 unspecified atom stereocenters. The fourth-order valence-corrected chi connectivity index (χ4v) is 5.60. The second-order valence-corrected chi connectivity index (χ2v) is 10.1. The van der Waals surface area contributed by atoms with E-state index >= 15 is 0 Å². The molecule has 1 amide bonds. The van der Waals surface area contributed by atoms with E-state index in [4.69, 9.17) is 0 Å². The van der Waals surface area contributed by atoms with Crippen LogP contribution < -0.4 is 10.0 Å². The molecule has 3 rings (SSSR count). The number of fused-ring (bicyclic) bond motifs is 1. The average Bonchev–Trinajstić information content (AvgIpc) is 3.06. The summed E-state index contributed by atoms with van der Waals surface area (Å²) < 4.78 is 28.2. The molecular formula is C19H28N4O3S2. The maximum Gasteiger partial charge on any atom is 0.241 e. The Balaban J connectivity index is 1.48. The summed E-state index contributed by atoms with van der Waals surface area (Å²) >= 11 is 1.45. The van der Waals surface area contributed by atoms with Gasteiger partial charge in [0.2, 0.25) is 15.9 Å². The third-order valence-electron chi connectivity index (χ3n) is 5.14. The SMILES string of the molecule is CC[C@@H]1CCCCN1CCNC(=O)CNS(=O)(=O)c1ccc2nc(C)sc2c1. The number of rotatable bonds is 8. The highest BCUT2D eigenvalue weighted by atomic mass is 32.2. The molecule has 1 saturated heterocycles. The maximum atomic E-state index is 12.5. The van der Waals surface area contributed by atoms with Gasteiger partial charge in [0.25, 0.3) is 0 Å². The smallest absolute Gasteiger partial charge is 0.241 e. The number of hydrogen-bond acceptors (Lipinski definition) is 6. The van der Waals surface area contributed by atoms with Crippen LogP contribution >= 0.6 is 11.3 Å². The van der Waals surface area contributed by atoms with Crippen molar-refractivity contribution >= 4 is 37.5 Å². The van der Waals surface area contributed by atoms with Gasteiger partial charge in [0.1, 0.15) is 0 Å². The molecule has 0 radical (unpaired) electrons. The molecule has 154 valence electrons. The number of aryl methyl sites for hydroxylation is 1. The van der Waals surface area contributed by atoms with Gasteiger partial charge in [0, 0.05) is 19.1 Å². The van der Waals surface area contributed by atoms with Crippen molar-refractivity contribution in [2.24, 2.45) is 0 Å². The largest absolute Gasteiger partial charge is 0.354 e. The Labute approximate surface area is 170 Å². The van der Waals surface area contributed by atoms with Crippen LogP contribution in [0.4, 0.5) is 0 Å². The summed E-state index contributed by atoms with van der Waals surface area (Å²) in [6, 6.07) is 5.40. The third kappa shape index (κ3) is 5.28. The molecule has 2 heterocycles. The first-order valence-electron chi connectivity index (χ1n) is 9.76. The summed E-state index contributed by atoms with van der Waals surface area (Å²) in [5, 5.41) is 3.70. The zero-order valence-corrected chi connectivity index (χ0v) is 18.0. The Bertz CT molecular complexity index is 926. The minimum absolute atomic E-state index is 0.149. The second kappa shape index (κ2) is 9.30. The number of likely N-dealkylation sites (tertiary alicyclic amines) is 1. The Morgan fingerprint density at radius 3 is 2.96 bits per heavy atom. The van der Waals surface area contributed by atoms with E-state index in [9.17, 15) is 13.2 Å². The summed E-state index contributed by atoms with van der Waals surface area (Å²) in [6.07, 6.45) is 4.81. The van der Waals surface area contributed by atoms with Crippen LogP contribution in [0.25, 0.3) is 10.2 Å². The predicted octanol–water partition coefficient (Wildman–Crippen LogP) is 2.26. The zero-order valence-electron chi connectivity index (χ0n) is 16.4. The minimum atomic E-state index is -3.74. The molecule has 28 heavy (non-hydrogen) atoms. The average molecular weight is 425 g/mol. The molecule has 0 spiro atoms. The molecule has 1 fully saturated rings. The highest BCUT2D eigenvalue weighted by Gasteiger charge is 2.21. The molecule has 9 heteroatoms. The molecule has 2 aromatic rings. The van der Waals surface area contributed by atoms with Crippen molar-refractivity contribution in [3.8, 4) is 0 Å². The summed E-state index contributed by atoms with van der Waals surface area (Å²) in [7, 11) is -3.74. The molecule has 1 aromatic carbocycles. The van der Waals surface area contributed by atoms with Crippen molar-refractivity contribution in [2.45, 2.75) is 50.5 Å². The van der Waals surface area contributed by atoms with Gasteiger partial charge in [0.15, 0.2) is 0 Å². The molecule has 1 aromatic heterocycles. The number of hydrogen-bond donors (Lipinski definition) is 2. The van der Waals surface area contributed by atoms with E-state index in [0.717, 1.165) is 34.7 Å². The van der Waals surface area contributed by atoms with E-state index in [-0.39, 0.29) is 17.3 Å². The fourth-order valence-electron chi connectivity index (χ4n) is 3.65. The molecule has 0 bridgehead atoms. The van der Waals surface area contributed by atoms with Gasteiger partial charge in [-0.1, -0.05) is 13.3 Å². The predicted molar refractivity (Wildman–Crippen MR) is 112 cm³/mol. The van der Waals surface area contributed by atoms with E-state index in [1.54, 1.807) is 12.1 Å². The number of nitrogens with zero attached hydrogens (tertiary/aromatic N) is 2. The Hall–Kier alpha value is -1.55. The van der Waals surface area contributed by atoms with Crippen molar-refractivity contribution in [3.05, 3.63) is 23.2 Å². The molecular weight excluding hydrogens is 396 g/mol. The van der Waals surface area contributed by atoms with Crippen LogP contribution in [0.15, 0.2) is 23.1 Å². The van der Waals surface area contributed by atoms with Crippen LogP contribution in [0, 0.1) is 6.92 Å². The number of benzene rings is 1. The summed E-state index contributed by atoms with van der Waals surface area (Å²) in [4.78, 5) is 19.0. The van der Waals surface area contributed by atoms with Crippen LogP contribution in [0.1, 0.15) is 37.6 Å². The number of carbonyl (C=O) groups is 1. The monoisotopic (exact) mass is 424 g/mol. The molecule has 1 aliphatic rings. The van der Waals surface area contributed by atoms with E-state index in [1.807, 2.05) is 6.92 Å². The van der Waals surface area contributed by atoms with Gasteiger partial charge in [-0.2, -0.15) is 0 Å². The summed E-state index contributed by atoms with van der Waals surface area (Å²) in [6.45, 7) is 6.22. The van der Waals surface area contributed by atoms with E-state index in [2.05, 4.69) is 26.8 Å². The van der Waals surface area contributed by atoms with E-state index in [1.165, 1.54) is 36.7 Å². The summed E-state index contributed by atoms with van der Waals surface area (Å²) in [5.41, 5.74) is 0.780. The van der Waals surface area contributed by atoms with Crippen LogP contribution in [0.3, 0.4) is 0 Å². The van der Waals surface area contributed by atoms with Gasteiger partial charge in [-0.25, -0.2) is 18.1 Å². The molecule has 0 aliphatic carbocycles. The Kier molecular flexibility index (Phi) is 7.03. The van der Waals surface area contributed by atoms with Crippen molar-refractivity contribution < 1.29 is 13.2 Å². The first-order valence-corrected chi connectivity index (χ1v) is 12.1. The number of aromatic nitrogens is 1. The van der Waals surface area contributed by atoms with Gasteiger partial charge in [0.05, 0.1) is 26.7 Å². The number of piperidine rings is 1. The third-order valence-corrected chi connectivity index (χ3v) is 7.47. The normalized spacial score (nSPS) is 18.4. The van der Waals surface area contributed by atoms with Crippen molar-refractivity contribution in [1.29, 1.82) is 0 Å². The van der Waals surface area contributed by atoms with Crippen molar-refractivity contribution in [2.75, 3.05) is 26.2 Å². The number of nitrogens with one attached hydrogen (secondary N) is 2. The van der Waals surface area contributed by atoms with E-state index < -0.39 is 10.0 Å². The Morgan fingerprint density at radius 1 is 1.36 bits per heavy atom.